The van der Waals surface area contributed by atoms with Gasteiger partial charge in [-0.25, -0.2) is 0 Å². The van der Waals surface area contributed by atoms with Crippen molar-refractivity contribution in [1.29, 1.82) is 0 Å². The quantitative estimate of drug-likeness (QED) is 0.383. The molecule has 0 radical (unpaired) electrons. The first-order valence-corrected chi connectivity index (χ1v) is 14.8. The SMILES string of the molecule is CC.CC.CC.CC.CC.CC(C)(C)C(C)(C)c1ccccc1.CC(C)(C)C(C)(C)c1ccccc1. The van der Waals surface area contributed by atoms with Gasteiger partial charge in [0.05, 0.1) is 0 Å². The molecule has 0 aliphatic heterocycles. The summed E-state index contributed by atoms with van der Waals surface area (Å²) in [5.41, 5.74) is 3.90. The third kappa shape index (κ3) is 16.2. The van der Waals surface area contributed by atoms with Gasteiger partial charge in [0.15, 0.2) is 0 Å². The van der Waals surface area contributed by atoms with Gasteiger partial charge in [-0.15, -0.1) is 0 Å². The normalized spacial score (nSPS) is 10.2. The van der Waals surface area contributed by atoms with E-state index in [0.29, 0.717) is 10.8 Å². The van der Waals surface area contributed by atoms with Crippen LogP contribution in [0.4, 0.5) is 0 Å². The maximum absolute atomic E-state index is 2.31. The van der Waals surface area contributed by atoms with Gasteiger partial charge >= 0.3 is 0 Å². The molecule has 214 valence electrons. The Bertz CT molecular complexity index is 585. The summed E-state index contributed by atoms with van der Waals surface area (Å²) >= 11 is 0. The average molecular weight is 503 g/mol. The van der Waals surface area contributed by atoms with E-state index in [2.05, 4.69) is 130 Å². The summed E-state index contributed by atoms with van der Waals surface area (Å²) in [4.78, 5) is 0. The van der Waals surface area contributed by atoms with Gasteiger partial charge in [0.2, 0.25) is 0 Å². The summed E-state index contributed by atoms with van der Waals surface area (Å²) in [6.45, 7) is 43.0. The van der Waals surface area contributed by atoms with Crippen LogP contribution in [0.1, 0.15) is 150 Å². The molecule has 0 fully saturated rings. The van der Waals surface area contributed by atoms with E-state index in [1.54, 1.807) is 0 Å². The Kier molecular flexibility index (Phi) is 29.4. The van der Waals surface area contributed by atoms with E-state index in [9.17, 15) is 0 Å². The molecule has 2 aromatic rings. The maximum Gasteiger partial charge on any atom is -0.00551 e. The summed E-state index contributed by atoms with van der Waals surface area (Å²) in [6.07, 6.45) is 0. The Morgan fingerprint density at radius 2 is 0.472 bits per heavy atom. The van der Waals surface area contributed by atoms with Crippen LogP contribution in [0.5, 0.6) is 0 Å². The average Bonchev–Trinajstić information content (AvgIpc) is 2.90. The first-order chi connectivity index (χ1) is 16.7. The molecular weight excluding hydrogens is 432 g/mol. The minimum atomic E-state index is 0.230. The van der Waals surface area contributed by atoms with E-state index in [-0.39, 0.29) is 10.8 Å². The molecule has 0 aliphatic carbocycles. The first-order valence-electron chi connectivity index (χ1n) is 14.8. The van der Waals surface area contributed by atoms with Crippen LogP contribution in [0.2, 0.25) is 0 Å². The van der Waals surface area contributed by atoms with Crippen LogP contribution in [-0.2, 0) is 10.8 Å². The highest BCUT2D eigenvalue weighted by Gasteiger charge is 2.34. The van der Waals surface area contributed by atoms with E-state index in [4.69, 9.17) is 0 Å². The van der Waals surface area contributed by atoms with Crippen molar-refractivity contribution in [1.82, 2.24) is 0 Å². The molecule has 0 amide bonds. The van der Waals surface area contributed by atoms with Crippen molar-refractivity contribution in [2.45, 2.75) is 149 Å². The van der Waals surface area contributed by atoms with Crippen LogP contribution >= 0.6 is 0 Å². The second kappa shape index (κ2) is 23.8. The van der Waals surface area contributed by atoms with Crippen LogP contribution in [0.15, 0.2) is 60.7 Å². The molecule has 0 bridgehead atoms. The molecule has 0 aliphatic rings. The highest BCUT2D eigenvalue weighted by Crippen LogP contribution is 2.41. The van der Waals surface area contributed by atoms with Gasteiger partial charge in [-0.2, -0.15) is 0 Å². The number of hydrogen-bond donors (Lipinski definition) is 0. The lowest BCUT2D eigenvalue weighted by atomic mass is 9.65. The second-order valence-corrected chi connectivity index (χ2v) is 10.5. The van der Waals surface area contributed by atoms with E-state index in [1.807, 2.05) is 69.2 Å². The lowest BCUT2D eigenvalue weighted by Crippen LogP contribution is -2.33. The summed E-state index contributed by atoms with van der Waals surface area (Å²) < 4.78 is 0. The minimum Gasteiger partial charge on any atom is -0.0683 e. The summed E-state index contributed by atoms with van der Waals surface area (Å²) in [5, 5.41) is 0. The standard InChI is InChI=1S/2C13H20.5C2H6/c2*1-12(2,3)13(4,5)11-9-7-6-8-10-11;5*1-2/h2*6-10H,1-5H3;5*1-2H3. The number of rotatable bonds is 2. The Morgan fingerprint density at radius 3 is 0.611 bits per heavy atom. The second-order valence-electron chi connectivity index (χ2n) is 10.5. The minimum absolute atomic E-state index is 0.230. The fourth-order valence-corrected chi connectivity index (χ4v) is 2.58. The third-order valence-corrected chi connectivity index (χ3v) is 6.74. The summed E-state index contributed by atoms with van der Waals surface area (Å²) in [6, 6.07) is 21.5. The Hall–Kier alpha value is -1.56. The topological polar surface area (TPSA) is 0 Å². The van der Waals surface area contributed by atoms with Gasteiger partial charge in [-0.05, 0) is 32.8 Å². The highest BCUT2D eigenvalue weighted by atomic mass is 14.4. The zero-order chi connectivity index (χ0) is 30.2. The van der Waals surface area contributed by atoms with E-state index in [1.165, 1.54) is 11.1 Å². The van der Waals surface area contributed by atoms with Gasteiger partial charge in [0, 0.05) is 0 Å². The molecular formula is C36H70. The molecule has 36 heavy (non-hydrogen) atoms. The molecule has 2 aromatic carbocycles. The van der Waals surface area contributed by atoms with Crippen molar-refractivity contribution >= 4 is 0 Å². The molecule has 0 nitrogen and oxygen atoms in total. The molecule has 0 spiro atoms. The summed E-state index contributed by atoms with van der Waals surface area (Å²) in [5.74, 6) is 0. The molecule has 2 rings (SSSR count). The molecule has 0 atom stereocenters. The van der Waals surface area contributed by atoms with Crippen molar-refractivity contribution < 1.29 is 0 Å². The van der Waals surface area contributed by atoms with Crippen molar-refractivity contribution in [3.8, 4) is 0 Å². The van der Waals surface area contributed by atoms with Crippen LogP contribution in [-0.4, -0.2) is 0 Å². The first kappa shape index (κ1) is 44.4. The van der Waals surface area contributed by atoms with E-state index in [0.717, 1.165) is 0 Å². The van der Waals surface area contributed by atoms with Crippen LogP contribution in [0, 0.1) is 10.8 Å². The van der Waals surface area contributed by atoms with Crippen molar-refractivity contribution in [3.05, 3.63) is 71.8 Å². The van der Waals surface area contributed by atoms with Crippen LogP contribution < -0.4 is 0 Å². The number of hydrogen-bond acceptors (Lipinski definition) is 0. The maximum atomic E-state index is 2.31. The fourth-order valence-electron chi connectivity index (χ4n) is 2.58. The molecule has 0 heterocycles. The van der Waals surface area contributed by atoms with Gasteiger partial charge < -0.3 is 0 Å². The molecule has 0 unspecified atom stereocenters. The van der Waals surface area contributed by atoms with Crippen molar-refractivity contribution in [3.63, 3.8) is 0 Å². The zero-order valence-corrected chi connectivity index (χ0v) is 28.8. The fraction of sp³-hybridized carbons (Fsp3) is 0.667. The van der Waals surface area contributed by atoms with Gasteiger partial charge in [-0.1, -0.05) is 199 Å². The monoisotopic (exact) mass is 503 g/mol. The van der Waals surface area contributed by atoms with Crippen molar-refractivity contribution in [2.75, 3.05) is 0 Å². The largest absolute Gasteiger partial charge is 0.0683 e. The van der Waals surface area contributed by atoms with Crippen molar-refractivity contribution in [2.24, 2.45) is 10.8 Å². The Labute approximate surface area is 231 Å². The molecule has 0 N–H and O–H groups in total. The molecule has 0 aromatic heterocycles. The van der Waals surface area contributed by atoms with E-state index < -0.39 is 0 Å². The van der Waals surface area contributed by atoms with Crippen LogP contribution in [0.25, 0.3) is 0 Å². The lowest BCUT2D eigenvalue weighted by molar-refractivity contribution is 0.225. The predicted molar refractivity (Wildman–Crippen MR) is 175 cm³/mol. The number of benzene rings is 2. The third-order valence-electron chi connectivity index (χ3n) is 6.74. The van der Waals surface area contributed by atoms with E-state index >= 15 is 0 Å². The molecule has 0 heteroatoms. The summed E-state index contributed by atoms with van der Waals surface area (Å²) in [7, 11) is 0. The van der Waals surface area contributed by atoms with Gasteiger partial charge in [0.1, 0.15) is 0 Å². The highest BCUT2D eigenvalue weighted by molar-refractivity contribution is 5.26. The Morgan fingerprint density at radius 1 is 0.306 bits per heavy atom. The smallest absolute Gasteiger partial charge is 0.00551 e. The Balaban J connectivity index is -0.000000132. The van der Waals surface area contributed by atoms with Gasteiger partial charge in [0.25, 0.3) is 0 Å². The molecule has 0 saturated heterocycles. The van der Waals surface area contributed by atoms with Crippen LogP contribution in [0.3, 0.4) is 0 Å². The lowest BCUT2D eigenvalue weighted by Gasteiger charge is -2.39. The zero-order valence-electron chi connectivity index (χ0n) is 28.8. The van der Waals surface area contributed by atoms with Gasteiger partial charge in [-0.3, -0.25) is 0 Å². The molecule has 0 saturated carbocycles. The predicted octanol–water partition coefficient (Wildman–Crippen LogP) is 13.2.